The Morgan fingerprint density at radius 3 is 2.33 bits per heavy atom. The minimum Gasteiger partial charge on any atom is -0.496 e. The summed E-state index contributed by atoms with van der Waals surface area (Å²) in [6.45, 7) is 6.17. The van der Waals surface area contributed by atoms with Gasteiger partial charge in [-0.15, -0.1) is 0 Å². The Kier molecular flexibility index (Phi) is 7.67. The monoisotopic (exact) mass is 575 g/mol. The first-order valence-corrected chi connectivity index (χ1v) is 13.9. The van der Waals surface area contributed by atoms with Gasteiger partial charge in [0.05, 0.1) is 30.5 Å². The largest absolute Gasteiger partial charge is 0.496 e. The van der Waals surface area contributed by atoms with Gasteiger partial charge in [-0.3, -0.25) is 14.5 Å². The topological polar surface area (TPSA) is 63.6 Å². The van der Waals surface area contributed by atoms with Crippen LogP contribution in [0.4, 0.5) is 5.69 Å². The van der Waals surface area contributed by atoms with E-state index in [2.05, 4.69) is 23.7 Å². The highest BCUT2D eigenvalue weighted by Crippen LogP contribution is 2.48. The average Bonchev–Trinajstić information content (AvgIpc) is 3.45. The molecule has 40 heavy (non-hydrogen) atoms. The number of likely N-dealkylation sites (N-methyl/N-ethyl adjacent to an activating group) is 1. The Morgan fingerprint density at radius 2 is 1.68 bits per heavy atom. The highest BCUT2D eigenvalue weighted by molar-refractivity contribution is 6.31. The summed E-state index contributed by atoms with van der Waals surface area (Å²) in [6.07, 6.45) is 0.240. The van der Waals surface area contributed by atoms with Crippen molar-refractivity contribution >= 4 is 40.7 Å². The van der Waals surface area contributed by atoms with E-state index in [4.69, 9.17) is 27.9 Å². The van der Waals surface area contributed by atoms with E-state index in [0.717, 1.165) is 39.3 Å². The lowest BCUT2D eigenvalue weighted by Crippen LogP contribution is -2.30. The fourth-order valence-electron chi connectivity index (χ4n) is 5.50. The highest BCUT2D eigenvalue weighted by Gasteiger charge is 2.44. The van der Waals surface area contributed by atoms with Gasteiger partial charge < -0.3 is 14.6 Å². The van der Waals surface area contributed by atoms with Crippen LogP contribution in [0.25, 0.3) is 11.3 Å². The van der Waals surface area contributed by atoms with Crippen molar-refractivity contribution < 1.29 is 14.3 Å². The predicted molar refractivity (Wildman–Crippen MR) is 161 cm³/mol. The van der Waals surface area contributed by atoms with E-state index in [9.17, 15) is 9.59 Å². The molecule has 1 N–H and O–H groups in total. The molecule has 1 unspecified atom stereocenters. The van der Waals surface area contributed by atoms with Gasteiger partial charge in [-0.2, -0.15) is 0 Å². The summed E-state index contributed by atoms with van der Waals surface area (Å²) < 4.78 is 7.96. The van der Waals surface area contributed by atoms with Gasteiger partial charge in [-0.25, -0.2) is 0 Å². The van der Waals surface area contributed by atoms with Crippen molar-refractivity contribution in [3.05, 3.63) is 105 Å². The number of methoxy groups -OCH3 is 1. The van der Waals surface area contributed by atoms with E-state index in [1.807, 2.05) is 78.6 Å². The predicted octanol–water partition coefficient (Wildman–Crippen LogP) is 7.40. The Labute approximate surface area is 244 Å². The van der Waals surface area contributed by atoms with Crippen molar-refractivity contribution in [3.63, 3.8) is 0 Å². The Balaban J connectivity index is 1.77. The number of hydrogen-bond donors (Lipinski definition) is 1. The number of hydrogen-bond acceptors (Lipinski definition) is 3. The second kappa shape index (κ2) is 11.0. The molecule has 0 fully saturated rings. The summed E-state index contributed by atoms with van der Waals surface area (Å²) in [6, 6.07) is 20.5. The molecular formula is C32H31Cl2N3O3. The zero-order valence-electron chi connectivity index (χ0n) is 23.1. The van der Waals surface area contributed by atoms with E-state index >= 15 is 0 Å². The number of carbonyl (C=O) groups is 2. The molecule has 0 aliphatic carbocycles. The van der Waals surface area contributed by atoms with Crippen LogP contribution < -0.4 is 15.0 Å². The average molecular weight is 577 g/mol. The third-order valence-electron chi connectivity index (χ3n) is 7.36. The number of nitrogens with one attached hydrogen (secondary N) is 1. The van der Waals surface area contributed by atoms with Crippen LogP contribution in [-0.4, -0.2) is 30.5 Å². The smallest absolute Gasteiger partial charge is 0.261 e. The molecule has 0 radical (unpaired) electrons. The molecule has 0 bridgehead atoms. The molecule has 1 aliphatic rings. The number of ether oxygens (including phenoxy) is 1. The molecule has 1 atom stereocenters. The summed E-state index contributed by atoms with van der Waals surface area (Å²) in [5, 5.41) is 3.86. The van der Waals surface area contributed by atoms with Crippen LogP contribution in [0.5, 0.6) is 5.75 Å². The highest BCUT2D eigenvalue weighted by atomic mass is 35.5. The Bertz CT molecular complexity index is 1610. The van der Waals surface area contributed by atoms with Gasteiger partial charge in [-0.05, 0) is 79.9 Å². The molecule has 5 rings (SSSR count). The normalized spacial score (nSPS) is 14.6. The van der Waals surface area contributed by atoms with Crippen molar-refractivity contribution in [3.8, 4) is 17.0 Å². The molecule has 206 valence electrons. The molecule has 0 saturated heterocycles. The van der Waals surface area contributed by atoms with Gasteiger partial charge in [0, 0.05) is 34.4 Å². The van der Waals surface area contributed by atoms with E-state index in [1.54, 1.807) is 14.2 Å². The van der Waals surface area contributed by atoms with E-state index in [1.165, 1.54) is 0 Å². The molecule has 4 aromatic rings. The molecule has 8 heteroatoms. The van der Waals surface area contributed by atoms with Gasteiger partial charge in [0.2, 0.25) is 5.91 Å². The van der Waals surface area contributed by atoms with E-state index in [0.29, 0.717) is 21.4 Å². The maximum atomic E-state index is 14.3. The molecule has 0 saturated carbocycles. The number of fused-ring (bicyclic) bond motifs is 1. The van der Waals surface area contributed by atoms with Crippen molar-refractivity contribution in [2.24, 2.45) is 0 Å². The molecule has 1 aromatic heterocycles. The molecule has 1 aliphatic heterocycles. The van der Waals surface area contributed by atoms with Crippen molar-refractivity contribution in [2.45, 2.75) is 39.3 Å². The van der Waals surface area contributed by atoms with Crippen LogP contribution in [0.1, 0.15) is 58.7 Å². The summed E-state index contributed by atoms with van der Waals surface area (Å²) in [5.74, 6) is 0.474. The minimum atomic E-state index is -0.409. The molecule has 2 heterocycles. The third-order valence-corrected chi connectivity index (χ3v) is 7.85. The summed E-state index contributed by atoms with van der Waals surface area (Å²) in [4.78, 5) is 28.3. The molecule has 2 amide bonds. The molecule has 3 aromatic carbocycles. The van der Waals surface area contributed by atoms with Crippen LogP contribution in [0.2, 0.25) is 10.0 Å². The Hall–Kier alpha value is -3.74. The second-order valence-electron chi connectivity index (χ2n) is 10.2. The first kappa shape index (κ1) is 27.8. The fraction of sp³-hybridized carbons (Fsp3) is 0.250. The number of carbonyl (C=O) groups excluding carboxylic acids is 2. The SMILES string of the molecule is CNC(=O)Cc1ccc(OC)c(-c2cc3c(n2C(C)C)C(c2ccc(Cl)cc2)N(c2cc(Cl)ccc2C)C3=O)c1. The van der Waals surface area contributed by atoms with Crippen LogP contribution in [0.3, 0.4) is 0 Å². The maximum Gasteiger partial charge on any atom is 0.261 e. The van der Waals surface area contributed by atoms with Crippen LogP contribution >= 0.6 is 23.2 Å². The third kappa shape index (κ3) is 4.87. The number of nitrogens with zero attached hydrogens (tertiary/aromatic N) is 2. The number of amides is 2. The molecule has 6 nitrogen and oxygen atoms in total. The van der Waals surface area contributed by atoms with Gasteiger partial charge in [0.1, 0.15) is 11.8 Å². The minimum absolute atomic E-state index is 0.00839. The quantitative estimate of drug-likeness (QED) is 0.250. The number of rotatable bonds is 7. The number of anilines is 1. The lowest BCUT2D eigenvalue weighted by Gasteiger charge is -2.30. The van der Waals surface area contributed by atoms with Gasteiger partial charge in [0.25, 0.3) is 5.91 Å². The standard InChI is InChI=1S/C32H31Cl2N3O3/c1-18(2)36-27(24-14-20(15-29(38)35-4)7-13-28(24)40-5)17-25-31(36)30(21-8-11-22(33)12-9-21)37(32(25)39)26-16-23(34)10-6-19(26)3/h6-14,16-18,30H,15H2,1-5H3,(H,35,38). The number of aromatic nitrogens is 1. The zero-order chi connectivity index (χ0) is 28.7. The Morgan fingerprint density at radius 1 is 0.975 bits per heavy atom. The van der Waals surface area contributed by atoms with Crippen molar-refractivity contribution in [2.75, 3.05) is 19.1 Å². The summed E-state index contributed by atoms with van der Waals surface area (Å²) in [7, 11) is 3.25. The van der Waals surface area contributed by atoms with Crippen LogP contribution in [0.15, 0.2) is 66.7 Å². The first-order chi connectivity index (χ1) is 19.1. The van der Waals surface area contributed by atoms with Crippen molar-refractivity contribution in [1.82, 2.24) is 9.88 Å². The van der Waals surface area contributed by atoms with E-state index < -0.39 is 6.04 Å². The van der Waals surface area contributed by atoms with Gasteiger partial charge in [-0.1, -0.05) is 47.5 Å². The van der Waals surface area contributed by atoms with Crippen molar-refractivity contribution in [1.29, 1.82) is 0 Å². The summed E-state index contributed by atoms with van der Waals surface area (Å²) in [5.41, 5.74) is 6.66. The van der Waals surface area contributed by atoms with Gasteiger partial charge in [0.15, 0.2) is 0 Å². The first-order valence-electron chi connectivity index (χ1n) is 13.1. The fourth-order valence-corrected chi connectivity index (χ4v) is 5.80. The molecule has 0 spiro atoms. The molecular weight excluding hydrogens is 545 g/mol. The number of aryl methyl sites for hydroxylation is 1. The van der Waals surface area contributed by atoms with E-state index in [-0.39, 0.29) is 24.3 Å². The lowest BCUT2D eigenvalue weighted by molar-refractivity contribution is -0.119. The van der Waals surface area contributed by atoms with Crippen LogP contribution in [-0.2, 0) is 11.2 Å². The zero-order valence-corrected chi connectivity index (χ0v) is 24.6. The maximum absolute atomic E-state index is 14.3. The summed E-state index contributed by atoms with van der Waals surface area (Å²) >= 11 is 12.7. The second-order valence-corrected chi connectivity index (χ2v) is 11.1. The van der Waals surface area contributed by atoms with Crippen LogP contribution in [0, 0.1) is 6.92 Å². The number of benzene rings is 3. The van der Waals surface area contributed by atoms with Gasteiger partial charge >= 0.3 is 0 Å². The lowest BCUT2D eigenvalue weighted by atomic mass is 10.0. The number of halogens is 2.